The van der Waals surface area contributed by atoms with Gasteiger partial charge in [-0.15, -0.1) is 0 Å². The first kappa shape index (κ1) is 58.1. The number of aliphatic hydroxyl groups is 1. The third kappa shape index (κ3) is 48.0. The van der Waals surface area contributed by atoms with Gasteiger partial charge in [0, 0.05) is 26.2 Å². The molecule has 0 aliphatic rings. The molecular weight excluding hydrogens is 739 g/mol. The van der Waals surface area contributed by atoms with E-state index in [1.807, 2.05) is 20.8 Å². The summed E-state index contributed by atoms with van der Waals surface area (Å²) in [7, 11) is 0. The van der Waals surface area contributed by atoms with Crippen LogP contribution in [0.1, 0.15) is 260 Å². The van der Waals surface area contributed by atoms with Crippen molar-refractivity contribution < 1.29 is 33.6 Å². The number of amides is 1. The quantitative estimate of drug-likeness (QED) is 0.0465. The highest BCUT2D eigenvalue weighted by Crippen LogP contribution is 2.17. The minimum atomic E-state index is -1.27. The highest BCUT2D eigenvalue weighted by molar-refractivity contribution is 5.67. The number of rotatable bonds is 47. The molecule has 2 atom stereocenters. The molecule has 0 aliphatic carbocycles. The number of carbonyl (C=O) groups is 1. The lowest BCUT2D eigenvalue weighted by Gasteiger charge is -2.26. The van der Waals surface area contributed by atoms with Crippen molar-refractivity contribution in [3.8, 4) is 0 Å². The Morgan fingerprint density at radius 3 is 1.27 bits per heavy atom. The molecule has 0 fully saturated rings. The maximum atomic E-state index is 12.5. The standard InChI is InChI=1S/C51H103NO7/c1-7-9-11-13-15-17-19-21-23-25-27-29-31-33-35-37-42-55-46-48(47-57-49(53)52-41-39-44-59-51(6,54)40-45-58-50(3,4)5)56-43-38-36-34-32-30-28-26-24-22-20-18-16-14-12-10-8-2/h48,54H,7-47H2,1-6H3,(H,52,53). The van der Waals surface area contributed by atoms with Crippen LogP contribution >= 0.6 is 0 Å². The van der Waals surface area contributed by atoms with E-state index in [-0.39, 0.29) is 18.3 Å². The summed E-state index contributed by atoms with van der Waals surface area (Å²) in [4.78, 5) is 12.5. The average molecular weight is 842 g/mol. The van der Waals surface area contributed by atoms with Crippen molar-refractivity contribution >= 4 is 6.09 Å². The lowest BCUT2D eigenvalue weighted by molar-refractivity contribution is -0.204. The van der Waals surface area contributed by atoms with Gasteiger partial charge in [-0.05, 0) is 47.0 Å². The van der Waals surface area contributed by atoms with Crippen LogP contribution in [0, 0.1) is 0 Å². The average Bonchev–Trinajstić information content (AvgIpc) is 3.19. The summed E-state index contributed by atoms with van der Waals surface area (Å²) < 4.78 is 29.1. The van der Waals surface area contributed by atoms with E-state index in [0.717, 1.165) is 19.4 Å². The van der Waals surface area contributed by atoms with Crippen LogP contribution in [0.2, 0.25) is 0 Å². The number of hydrogen-bond acceptors (Lipinski definition) is 7. The van der Waals surface area contributed by atoms with Crippen LogP contribution in [0.3, 0.4) is 0 Å². The Hall–Kier alpha value is -0.930. The molecule has 0 aromatic heterocycles. The highest BCUT2D eigenvalue weighted by atomic mass is 16.6. The predicted molar refractivity (Wildman–Crippen MR) is 251 cm³/mol. The molecule has 8 heteroatoms. The Morgan fingerprint density at radius 1 is 0.475 bits per heavy atom. The van der Waals surface area contributed by atoms with Gasteiger partial charge in [0.05, 0.1) is 25.4 Å². The van der Waals surface area contributed by atoms with Gasteiger partial charge in [0.1, 0.15) is 12.7 Å². The van der Waals surface area contributed by atoms with Crippen molar-refractivity contribution in [2.45, 2.75) is 277 Å². The van der Waals surface area contributed by atoms with Crippen LogP contribution in [0.15, 0.2) is 0 Å². The molecule has 0 saturated heterocycles. The Labute approximate surface area is 367 Å². The van der Waals surface area contributed by atoms with E-state index in [1.54, 1.807) is 6.92 Å². The molecular formula is C51H103NO7. The molecule has 2 unspecified atom stereocenters. The molecule has 0 heterocycles. The smallest absolute Gasteiger partial charge is 0.407 e. The third-order valence-corrected chi connectivity index (χ3v) is 11.3. The monoisotopic (exact) mass is 842 g/mol. The molecule has 0 radical (unpaired) electrons. The summed E-state index contributed by atoms with van der Waals surface area (Å²) in [5.41, 5.74) is -0.257. The van der Waals surface area contributed by atoms with Gasteiger partial charge >= 0.3 is 6.09 Å². The summed E-state index contributed by atoms with van der Waals surface area (Å²) in [5, 5.41) is 13.3. The first-order valence-electron chi connectivity index (χ1n) is 25.7. The van der Waals surface area contributed by atoms with E-state index < -0.39 is 11.9 Å². The van der Waals surface area contributed by atoms with Gasteiger partial charge in [-0.3, -0.25) is 0 Å². The van der Waals surface area contributed by atoms with E-state index >= 15 is 0 Å². The minimum Gasteiger partial charge on any atom is -0.447 e. The van der Waals surface area contributed by atoms with E-state index in [2.05, 4.69) is 19.2 Å². The molecule has 0 saturated carbocycles. The molecule has 0 aliphatic heterocycles. The zero-order valence-electron chi connectivity index (χ0n) is 40.5. The highest BCUT2D eigenvalue weighted by Gasteiger charge is 2.22. The van der Waals surface area contributed by atoms with Crippen LogP contribution in [0.25, 0.3) is 0 Å². The van der Waals surface area contributed by atoms with E-state index in [4.69, 9.17) is 23.7 Å². The van der Waals surface area contributed by atoms with Gasteiger partial charge in [0.15, 0.2) is 5.79 Å². The number of hydrogen-bond donors (Lipinski definition) is 2. The zero-order chi connectivity index (χ0) is 43.4. The number of alkyl carbamates (subject to hydrolysis) is 1. The van der Waals surface area contributed by atoms with Crippen LogP contribution in [0.5, 0.6) is 0 Å². The Morgan fingerprint density at radius 2 is 0.864 bits per heavy atom. The first-order chi connectivity index (χ1) is 28.6. The van der Waals surface area contributed by atoms with Crippen LogP contribution in [-0.4, -0.2) is 74.9 Å². The SMILES string of the molecule is CCCCCCCCCCCCCCCCCCOCC(COC(=O)NCCCOC(C)(O)CCOC(C)(C)C)OCCCCCCCCCCCCCCCCCC. The molecule has 0 rings (SSSR count). The maximum absolute atomic E-state index is 12.5. The minimum absolute atomic E-state index is 0.169. The molecule has 1 amide bonds. The molecule has 59 heavy (non-hydrogen) atoms. The molecule has 2 N–H and O–H groups in total. The molecule has 0 spiro atoms. The van der Waals surface area contributed by atoms with Crippen molar-refractivity contribution in [3.63, 3.8) is 0 Å². The number of carbonyl (C=O) groups excluding carboxylic acids is 1. The largest absolute Gasteiger partial charge is 0.447 e. The fraction of sp³-hybridized carbons (Fsp3) is 0.980. The maximum Gasteiger partial charge on any atom is 0.407 e. The van der Waals surface area contributed by atoms with Crippen molar-refractivity contribution in [2.24, 2.45) is 0 Å². The van der Waals surface area contributed by atoms with E-state index in [0.29, 0.717) is 45.8 Å². The summed E-state index contributed by atoms with van der Waals surface area (Å²) >= 11 is 0. The fourth-order valence-corrected chi connectivity index (χ4v) is 7.40. The predicted octanol–water partition coefficient (Wildman–Crippen LogP) is 15.0. The topological polar surface area (TPSA) is 95.5 Å². The lowest BCUT2D eigenvalue weighted by atomic mass is 10.0. The van der Waals surface area contributed by atoms with Crippen molar-refractivity contribution in [3.05, 3.63) is 0 Å². The van der Waals surface area contributed by atoms with E-state index in [1.165, 1.54) is 193 Å². The summed E-state index contributed by atoms with van der Waals surface area (Å²) in [6.07, 6.45) is 43.4. The third-order valence-electron chi connectivity index (χ3n) is 11.3. The molecule has 8 nitrogen and oxygen atoms in total. The first-order valence-corrected chi connectivity index (χ1v) is 25.7. The lowest BCUT2D eigenvalue weighted by Crippen LogP contribution is -2.34. The van der Waals surface area contributed by atoms with Gasteiger partial charge < -0.3 is 34.1 Å². The van der Waals surface area contributed by atoms with Crippen molar-refractivity contribution in [1.82, 2.24) is 5.32 Å². The second-order valence-electron chi connectivity index (χ2n) is 18.8. The molecule has 0 aromatic carbocycles. The Balaban J connectivity index is 4.20. The number of nitrogens with one attached hydrogen (secondary N) is 1. The van der Waals surface area contributed by atoms with Gasteiger partial charge in [-0.25, -0.2) is 4.79 Å². The second-order valence-corrected chi connectivity index (χ2v) is 18.8. The van der Waals surface area contributed by atoms with Gasteiger partial charge in [0.25, 0.3) is 0 Å². The van der Waals surface area contributed by atoms with Crippen molar-refractivity contribution in [1.29, 1.82) is 0 Å². The summed E-state index contributed by atoms with van der Waals surface area (Å²) in [5.74, 6) is -1.27. The van der Waals surface area contributed by atoms with Crippen LogP contribution < -0.4 is 5.32 Å². The summed E-state index contributed by atoms with van der Waals surface area (Å²) in [6.45, 7) is 15.3. The Kier molecular flexibility index (Phi) is 43.0. The zero-order valence-corrected chi connectivity index (χ0v) is 40.5. The molecule has 354 valence electrons. The normalized spacial score (nSPS) is 13.5. The van der Waals surface area contributed by atoms with Crippen LogP contribution in [0.4, 0.5) is 4.79 Å². The van der Waals surface area contributed by atoms with Crippen LogP contribution in [-0.2, 0) is 23.7 Å². The summed E-state index contributed by atoms with van der Waals surface area (Å²) in [6, 6.07) is 0. The molecule has 0 bridgehead atoms. The molecule has 0 aromatic rings. The number of ether oxygens (including phenoxy) is 5. The number of unbranched alkanes of at least 4 members (excludes halogenated alkanes) is 30. The van der Waals surface area contributed by atoms with Gasteiger partial charge in [0.2, 0.25) is 0 Å². The van der Waals surface area contributed by atoms with E-state index in [9.17, 15) is 9.90 Å². The van der Waals surface area contributed by atoms with Gasteiger partial charge in [-0.2, -0.15) is 0 Å². The van der Waals surface area contributed by atoms with Crippen molar-refractivity contribution in [2.75, 3.05) is 46.2 Å². The second kappa shape index (κ2) is 43.7. The fourth-order valence-electron chi connectivity index (χ4n) is 7.40. The Bertz CT molecular complexity index is 849. The van der Waals surface area contributed by atoms with Gasteiger partial charge in [-0.1, -0.05) is 206 Å².